The van der Waals surface area contributed by atoms with E-state index in [4.69, 9.17) is 0 Å². The largest absolute Gasteiger partial charge is 0.269 e. The van der Waals surface area contributed by atoms with E-state index in [0.29, 0.717) is 0 Å². The highest BCUT2D eigenvalue weighted by Crippen LogP contribution is 2.20. The van der Waals surface area contributed by atoms with E-state index in [1.807, 2.05) is 13.8 Å². The van der Waals surface area contributed by atoms with Crippen LogP contribution in [0.5, 0.6) is 0 Å². The molecule has 0 aliphatic heterocycles. The predicted octanol–water partition coefficient (Wildman–Crippen LogP) is 2.85. The van der Waals surface area contributed by atoms with Crippen molar-refractivity contribution in [2.24, 2.45) is 0 Å². The topological polar surface area (TPSA) is 43.1 Å². The molecule has 0 amide bonds. The Kier molecular flexibility index (Phi) is 3.16. The molecule has 0 bridgehead atoms. The van der Waals surface area contributed by atoms with E-state index in [-0.39, 0.29) is 10.4 Å². The molecule has 1 aromatic carbocycles. The van der Waals surface area contributed by atoms with Gasteiger partial charge in [-0.15, -0.1) is 0 Å². The number of nitrogens with zero attached hydrogens (tertiary/aromatic N) is 1. The van der Waals surface area contributed by atoms with Crippen molar-refractivity contribution < 1.29 is 4.92 Å². The zero-order valence-electron chi connectivity index (χ0n) is 8.23. The van der Waals surface area contributed by atoms with Crippen LogP contribution in [-0.4, -0.2) is 9.67 Å². The van der Waals surface area contributed by atoms with Crippen LogP contribution < -0.4 is 0 Å². The van der Waals surface area contributed by atoms with Crippen LogP contribution in [-0.2, 0) is 6.42 Å². The van der Waals surface area contributed by atoms with E-state index < -0.39 is 4.92 Å². The molecule has 76 valence electrons. The van der Waals surface area contributed by atoms with Gasteiger partial charge >= 0.3 is 0 Å². The third kappa shape index (κ3) is 3.38. The Morgan fingerprint density at radius 1 is 1.36 bits per heavy atom. The minimum Gasteiger partial charge on any atom is -0.258 e. The zero-order valence-corrected chi connectivity index (χ0v) is 9.12. The summed E-state index contributed by atoms with van der Waals surface area (Å²) >= 11 is 4.40. The fourth-order valence-corrected chi connectivity index (χ4v) is 1.42. The number of thiol groups is 1. The van der Waals surface area contributed by atoms with Gasteiger partial charge in [-0.25, -0.2) is 0 Å². The number of hydrogen-bond donors (Lipinski definition) is 1. The van der Waals surface area contributed by atoms with E-state index in [1.54, 1.807) is 12.1 Å². The van der Waals surface area contributed by atoms with Gasteiger partial charge < -0.3 is 0 Å². The molecule has 1 rings (SSSR count). The Morgan fingerprint density at radius 3 is 2.21 bits per heavy atom. The van der Waals surface area contributed by atoms with Crippen LogP contribution in [0.2, 0.25) is 0 Å². The standard InChI is InChI=1S/C10H13NO2S/c1-10(2,14)7-8-3-5-9(6-4-8)11(12)13/h3-6,14H,7H2,1-2H3. The summed E-state index contributed by atoms with van der Waals surface area (Å²) in [6.45, 7) is 4.02. The Hall–Kier alpha value is -1.03. The quantitative estimate of drug-likeness (QED) is 0.474. The van der Waals surface area contributed by atoms with Gasteiger partial charge in [0.15, 0.2) is 0 Å². The fourth-order valence-electron chi connectivity index (χ4n) is 1.24. The highest BCUT2D eigenvalue weighted by molar-refractivity contribution is 7.81. The van der Waals surface area contributed by atoms with E-state index in [2.05, 4.69) is 12.6 Å². The molecule has 0 unspecified atom stereocenters. The summed E-state index contributed by atoms with van der Waals surface area (Å²) in [5, 5.41) is 10.4. The van der Waals surface area contributed by atoms with Crippen molar-refractivity contribution in [2.45, 2.75) is 25.0 Å². The molecule has 0 aromatic heterocycles. The molecule has 0 N–H and O–H groups in total. The van der Waals surface area contributed by atoms with Crippen molar-refractivity contribution in [3.05, 3.63) is 39.9 Å². The summed E-state index contributed by atoms with van der Waals surface area (Å²) in [6.07, 6.45) is 0.800. The summed E-state index contributed by atoms with van der Waals surface area (Å²) < 4.78 is -0.0872. The molecular weight excluding hydrogens is 198 g/mol. The number of benzene rings is 1. The average Bonchev–Trinajstić information content (AvgIpc) is 2.02. The zero-order chi connectivity index (χ0) is 10.8. The molecule has 0 aliphatic rings. The van der Waals surface area contributed by atoms with Crippen LogP contribution in [0.4, 0.5) is 5.69 Å². The first-order valence-electron chi connectivity index (χ1n) is 4.34. The maximum absolute atomic E-state index is 10.4. The monoisotopic (exact) mass is 211 g/mol. The van der Waals surface area contributed by atoms with Crippen LogP contribution in [0.15, 0.2) is 24.3 Å². The molecule has 0 atom stereocenters. The molecule has 0 aliphatic carbocycles. The second-order valence-corrected chi connectivity index (χ2v) is 5.12. The Bertz CT molecular complexity index is 327. The summed E-state index contributed by atoms with van der Waals surface area (Å²) in [5.74, 6) is 0. The first-order valence-corrected chi connectivity index (χ1v) is 4.79. The van der Waals surface area contributed by atoms with E-state index in [1.165, 1.54) is 12.1 Å². The lowest BCUT2D eigenvalue weighted by atomic mass is 10.0. The van der Waals surface area contributed by atoms with Crippen molar-refractivity contribution in [3.63, 3.8) is 0 Å². The summed E-state index contributed by atoms with van der Waals surface area (Å²) in [6, 6.07) is 6.59. The lowest BCUT2D eigenvalue weighted by Crippen LogP contribution is -2.13. The van der Waals surface area contributed by atoms with Crippen molar-refractivity contribution in [1.29, 1.82) is 0 Å². The van der Waals surface area contributed by atoms with Crippen LogP contribution in [0.1, 0.15) is 19.4 Å². The first-order chi connectivity index (χ1) is 6.38. The normalized spacial score (nSPS) is 11.4. The van der Waals surface area contributed by atoms with Crippen LogP contribution in [0.25, 0.3) is 0 Å². The van der Waals surface area contributed by atoms with Crippen LogP contribution in [0, 0.1) is 10.1 Å². The van der Waals surface area contributed by atoms with Gasteiger partial charge in [0, 0.05) is 16.9 Å². The van der Waals surface area contributed by atoms with E-state index >= 15 is 0 Å². The van der Waals surface area contributed by atoms with Crippen LogP contribution in [0.3, 0.4) is 0 Å². The summed E-state index contributed by atoms with van der Waals surface area (Å²) in [4.78, 5) is 9.99. The van der Waals surface area contributed by atoms with Gasteiger partial charge in [-0.05, 0) is 12.0 Å². The lowest BCUT2D eigenvalue weighted by molar-refractivity contribution is -0.384. The smallest absolute Gasteiger partial charge is 0.258 e. The van der Waals surface area contributed by atoms with Crippen molar-refractivity contribution in [3.8, 4) is 0 Å². The summed E-state index contributed by atoms with van der Waals surface area (Å²) in [7, 11) is 0. The predicted molar refractivity (Wildman–Crippen MR) is 59.9 cm³/mol. The fraction of sp³-hybridized carbons (Fsp3) is 0.400. The second kappa shape index (κ2) is 4.00. The number of nitro groups is 1. The minimum atomic E-state index is -0.393. The van der Waals surface area contributed by atoms with Gasteiger partial charge in [-0.1, -0.05) is 26.0 Å². The van der Waals surface area contributed by atoms with Crippen molar-refractivity contribution in [1.82, 2.24) is 0 Å². The minimum absolute atomic E-state index is 0.0872. The number of nitro benzene ring substituents is 1. The Morgan fingerprint density at radius 2 is 1.86 bits per heavy atom. The van der Waals surface area contributed by atoms with Gasteiger partial charge in [0.1, 0.15) is 0 Å². The van der Waals surface area contributed by atoms with Gasteiger partial charge in [0.25, 0.3) is 5.69 Å². The number of rotatable bonds is 3. The third-order valence-electron chi connectivity index (χ3n) is 1.78. The lowest BCUT2D eigenvalue weighted by Gasteiger charge is -2.16. The maximum atomic E-state index is 10.4. The van der Waals surface area contributed by atoms with E-state index in [9.17, 15) is 10.1 Å². The molecule has 0 heterocycles. The van der Waals surface area contributed by atoms with Crippen molar-refractivity contribution >= 4 is 18.3 Å². The Labute approximate surface area is 88.7 Å². The molecule has 0 saturated carbocycles. The first kappa shape index (κ1) is 11.0. The number of hydrogen-bond acceptors (Lipinski definition) is 3. The number of non-ortho nitro benzene ring substituents is 1. The third-order valence-corrected chi connectivity index (χ3v) is 1.94. The molecule has 0 saturated heterocycles. The van der Waals surface area contributed by atoms with E-state index in [0.717, 1.165) is 12.0 Å². The second-order valence-electron chi connectivity index (χ2n) is 3.91. The molecule has 3 nitrogen and oxygen atoms in total. The van der Waals surface area contributed by atoms with Crippen molar-refractivity contribution in [2.75, 3.05) is 0 Å². The average molecular weight is 211 g/mol. The van der Waals surface area contributed by atoms with Gasteiger partial charge in [-0.2, -0.15) is 12.6 Å². The summed E-state index contributed by atoms with van der Waals surface area (Å²) in [5.41, 5.74) is 1.20. The molecule has 0 fully saturated rings. The highest BCUT2D eigenvalue weighted by atomic mass is 32.1. The van der Waals surface area contributed by atoms with Gasteiger partial charge in [-0.3, -0.25) is 10.1 Å². The van der Waals surface area contributed by atoms with Gasteiger partial charge in [0.2, 0.25) is 0 Å². The molecule has 14 heavy (non-hydrogen) atoms. The molecule has 1 aromatic rings. The van der Waals surface area contributed by atoms with Gasteiger partial charge in [0.05, 0.1) is 4.92 Å². The molecule has 0 radical (unpaired) electrons. The highest BCUT2D eigenvalue weighted by Gasteiger charge is 2.13. The van der Waals surface area contributed by atoms with Crippen LogP contribution >= 0.6 is 12.6 Å². The SMILES string of the molecule is CC(C)(S)Cc1ccc([N+](=O)[O-])cc1. The maximum Gasteiger partial charge on any atom is 0.269 e. The molecular formula is C10H13NO2S. The molecule has 0 spiro atoms. The molecule has 4 heteroatoms. The Balaban J connectivity index is 2.79.